The SMILES string of the molecule is COC(C)(C)C(=O)NCc1ccc(Cl)c(Cc2nc3cc(C(=O)NCC(F)(F)F)c(OCC(F)F)cc3n2C)c1Cl. The molecule has 0 atom stereocenters. The lowest BCUT2D eigenvalue weighted by Gasteiger charge is -2.22. The van der Waals surface area contributed by atoms with Gasteiger partial charge < -0.3 is 24.7 Å². The summed E-state index contributed by atoms with van der Waals surface area (Å²) in [5.41, 5.74) is 0.142. The number of benzene rings is 2. The summed E-state index contributed by atoms with van der Waals surface area (Å²) >= 11 is 13.1. The van der Waals surface area contributed by atoms with Gasteiger partial charge in [-0.2, -0.15) is 13.2 Å². The summed E-state index contributed by atoms with van der Waals surface area (Å²) < 4.78 is 75.4. The van der Waals surface area contributed by atoms with E-state index < -0.39 is 37.3 Å². The lowest BCUT2D eigenvalue weighted by Crippen LogP contribution is -2.43. The molecule has 0 aliphatic heterocycles. The Morgan fingerprint density at radius 1 is 1.12 bits per heavy atom. The number of ether oxygens (including phenoxy) is 2. The minimum atomic E-state index is -4.68. The Hall–Kier alpha value is -3.16. The molecule has 0 bridgehead atoms. The zero-order chi connectivity index (χ0) is 30.7. The number of fused-ring (bicyclic) bond motifs is 1. The van der Waals surface area contributed by atoms with Gasteiger partial charge in [0.15, 0.2) is 0 Å². The van der Waals surface area contributed by atoms with Crippen LogP contribution in [0.25, 0.3) is 11.0 Å². The van der Waals surface area contributed by atoms with Gasteiger partial charge in [-0.05, 0) is 37.1 Å². The highest BCUT2D eigenvalue weighted by Crippen LogP contribution is 2.33. The van der Waals surface area contributed by atoms with E-state index in [2.05, 4.69) is 10.3 Å². The van der Waals surface area contributed by atoms with Gasteiger partial charge in [0.1, 0.15) is 30.3 Å². The van der Waals surface area contributed by atoms with E-state index in [0.717, 1.165) is 6.07 Å². The van der Waals surface area contributed by atoms with Crippen LogP contribution in [-0.4, -0.2) is 59.8 Å². The summed E-state index contributed by atoms with van der Waals surface area (Å²) in [6.45, 7) is 0.600. The molecule has 8 nitrogen and oxygen atoms in total. The zero-order valence-corrected chi connectivity index (χ0v) is 23.9. The third-order valence-electron chi connectivity index (χ3n) is 6.23. The van der Waals surface area contributed by atoms with Gasteiger partial charge in [0, 0.05) is 38.2 Å². The number of hydrogen-bond donors (Lipinski definition) is 2. The van der Waals surface area contributed by atoms with Crippen molar-refractivity contribution in [1.29, 1.82) is 0 Å². The van der Waals surface area contributed by atoms with Gasteiger partial charge in [-0.15, -0.1) is 0 Å². The Kier molecular flexibility index (Phi) is 10.1. The number of carbonyl (C=O) groups is 2. The van der Waals surface area contributed by atoms with Crippen molar-refractivity contribution < 1.29 is 41.0 Å². The van der Waals surface area contributed by atoms with E-state index in [4.69, 9.17) is 32.7 Å². The van der Waals surface area contributed by atoms with E-state index >= 15 is 0 Å². The molecule has 0 aliphatic carbocycles. The van der Waals surface area contributed by atoms with Crippen LogP contribution in [0.1, 0.15) is 41.2 Å². The fraction of sp³-hybridized carbons (Fsp3) is 0.423. The summed E-state index contributed by atoms with van der Waals surface area (Å²) in [5.74, 6) is -1.47. The summed E-state index contributed by atoms with van der Waals surface area (Å²) in [6, 6.07) is 5.68. The van der Waals surface area contributed by atoms with E-state index in [-0.39, 0.29) is 40.7 Å². The van der Waals surface area contributed by atoms with Crippen LogP contribution in [0.3, 0.4) is 0 Å². The minimum Gasteiger partial charge on any atom is -0.487 e. The molecule has 3 aromatic rings. The van der Waals surface area contributed by atoms with Gasteiger partial charge in [-0.3, -0.25) is 9.59 Å². The molecule has 2 aromatic carbocycles. The molecular weight excluding hydrogens is 598 g/mol. The van der Waals surface area contributed by atoms with Gasteiger partial charge >= 0.3 is 6.18 Å². The van der Waals surface area contributed by atoms with Gasteiger partial charge in [-0.25, -0.2) is 13.8 Å². The van der Waals surface area contributed by atoms with Crippen molar-refractivity contribution >= 4 is 46.0 Å². The van der Waals surface area contributed by atoms with Crippen molar-refractivity contribution in [1.82, 2.24) is 20.2 Å². The molecular formula is C26H27Cl2F5N4O4. The van der Waals surface area contributed by atoms with Crippen LogP contribution in [0.2, 0.25) is 10.0 Å². The van der Waals surface area contributed by atoms with Gasteiger partial charge in [0.25, 0.3) is 18.2 Å². The van der Waals surface area contributed by atoms with Crippen LogP contribution < -0.4 is 15.4 Å². The smallest absolute Gasteiger partial charge is 0.405 e. The second-order valence-electron chi connectivity index (χ2n) is 9.50. The molecule has 1 heterocycles. The standard InChI is InChI=1S/C26H27Cl2F5N4O4/c1-25(2,40-4)24(39)34-10-13-5-6-16(27)14(22(13)28)8-21-36-17-7-15(23(38)35-12-26(31,32)33)19(41-11-20(29)30)9-18(17)37(21)3/h5-7,9,20H,8,10-12H2,1-4H3,(H,34,39)(H,35,38). The van der Waals surface area contributed by atoms with Gasteiger partial charge in [0.2, 0.25) is 0 Å². The van der Waals surface area contributed by atoms with Crippen molar-refractivity contribution in [3.8, 4) is 5.75 Å². The third kappa shape index (κ3) is 7.98. The zero-order valence-electron chi connectivity index (χ0n) is 22.4. The molecule has 0 fully saturated rings. The summed E-state index contributed by atoms with van der Waals surface area (Å²) in [7, 11) is 3.03. The molecule has 1 aromatic heterocycles. The average molecular weight is 625 g/mol. The molecule has 0 spiro atoms. The predicted octanol–water partition coefficient (Wildman–Crippen LogP) is 5.45. The molecule has 0 saturated carbocycles. The first-order valence-electron chi connectivity index (χ1n) is 12.1. The normalized spacial score (nSPS) is 12.2. The first-order chi connectivity index (χ1) is 19.0. The number of nitrogens with one attached hydrogen (secondary N) is 2. The lowest BCUT2D eigenvalue weighted by atomic mass is 10.1. The van der Waals surface area contributed by atoms with Crippen LogP contribution >= 0.6 is 23.2 Å². The number of alkyl halides is 5. The molecule has 0 saturated heterocycles. The number of amides is 2. The minimum absolute atomic E-state index is 0.0804. The molecule has 15 heteroatoms. The fourth-order valence-electron chi connectivity index (χ4n) is 3.74. The molecule has 224 valence electrons. The Morgan fingerprint density at radius 2 is 1.80 bits per heavy atom. The molecule has 2 N–H and O–H groups in total. The molecule has 0 unspecified atom stereocenters. The quantitative estimate of drug-likeness (QED) is 0.277. The van der Waals surface area contributed by atoms with Crippen molar-refractivity contribution in [2.75, 3.05) is 20.3 Å². The van der Waals surface area contributed by atoms with E-state index in [9.17, 15) is 31.5 Å². The van der Waals surface area contributed by atoms with Crippen molar-refractivity contribution in [3.05, 3.63) is 56.8 Å². The highest BCUT2D eigenvalue weighted by molar-refractivity contribution is 6.36. The summed E-state index contributed by atoms with van der Waals surface area (Å²) in [6.07, 6.45) is -7.49. The largest absolute Gasteiger partial charge is 0.487 e. The Bertz CT molecular complexity index is 1440. The number of imidazole rings is 1. The van der Waals surface area contributed by atoms with E-state index in [1.807, 2.05) is 0 Å². The maximum atomic E-state index is 12.8. The van der Waals surface area contributed by atoms with Crippen LogP contribution in [0, 0.1) is 0 Å². The lowest BCUT2D eigenvalue weighted by molar-refractivity contribution is -0.139. The molecule has 0 radical (unpaired) electrons. The van der Waals surface area contributed by atoms with Crippen molar-refractivity contribution in [2.24, 2.45) is 7.05 Å². The molecule has 2 amide bonds. The van der Waals surface area contributed by atoms with Crippen molar-refractivity contribution in [3.63, 3.8) is 0 Å². The monoisotopic (exact) mass is 624 g/mol. The maximum absolute atomic E-state index is 12.8. The number of halogens is 7. The van der Waals surface area contributed by atoms with Gasteiger partial charge in [-0.1, -0.05) is 29.3 Å². The Balaban J connectivity index is 1.96. The number of hydrogen-bond acceptors (Lipinski definition) is 5. The van der Waals surface area contributed by atoms with E-state index in [1.165, 1.54) is 13.2 Å². The van der Waals surface area contributed by atoms with Crippen molar-refractivity contribution in [2.45, 2.75) is 45.0 Å². The summed E-state index contributed by atoms with van der Waals surface area (Å²) in [5, 5.41) is 5.04. The number of aryl methyl sites for hydroxylation is 1. The number of nitrogens with zero attached hydrogens (tertiary/aromatic N) is 2. The third-order valence-corrected chi connectivity index (χ3v) is 7.06. The fourth-order valence-corrected chi connectivity index (χ4v) is 4.31. The average Bonchev–Trinajstić information content (AvgIpc) is 3.20. The van der Waals surface area contributed by atoms with Gasteiger partial charge in [0.05, 0.1) is 21.6 Å². The predicted molar refractivity (Wildman–Crippen MR) is 143 cm³/mol. The molecule has 3 rings (SSSR count). The first-order valence-corrected chi connectivity index (χ1v) is 12.8. The second-order valence-corrected chi connectivity index (χ2v) is 10.3. The maximum Gasteiger partial charge on any atom is 0.405 e. The Labute approximate surface area is 242 Å². The number of carbonyl (C=O) groups excluding carboxylic acids is 2. The van der Waals surface area contributed by atoms with Crippen LogP contribution in [0.15, 0.2) is 24.3 Å². The van der Waals surface area contributed by atoms with E-state index in [1.54, 1.807) is 42.9 Å². The summed E-state index contributed by atoms with van der Waals surface area (Å²) in [4.78, 5) is 29.4. The van der Waals surface area contributed by atoms with Crippen LogP contribution in [-0.2, 0) is 29.5 Å². The highest BCUT2D eigenvalue weighted by Gasteiger charge is 2.29. The van der Waals surface area contributed by atoms with Crippen LogP contribution in [0.4, 0.5) is 22.0 Å². The highest BCUT2D eigenvalue weighted by atomic mass is 35.5. The Morgan fingerprint density at radius 3 is 2.41 bits per heavy atom. The number of methoxy groups -OCH3 is 1. The van der Waals surface area contributed by atoms with E-state index in [0.29, 0.717) is 27.5 Å². The molecule has 0 aliphatic rings. The van der Waals surface area contributed by atoms with Crippen LogP contribution in [0.5, 0.6) is 5.75 Å². The second kappa shape index (κ2) is 12.8. The number of aromatic nitrogens is 2. The first kappa shape index (κ1) is 32.4. The number of rotatable bonds is 11. The molecule has 41 heavy (non-hydrogen) atoms. The topological polar surface area (TPSA) is 94.5 Å².